The second-order valence-corrected chi connectivity index (χ2v) is 7.15. The zero-order valence-electron chi connectivity index (χ0n) is 12.8. The number of likely N-dealkylation sites (N-methyl/N-ethyl adjacent to an activating group) is 1. The standard InChI is InChI=1S/C16H17FN2O3S/c1-11-9-13(4-5-14(11)17)23(20,21)18-12-3-6-15-16(10-12)22-8-7-19(15)2/h3-6,9-10,18H,7-8H2,1-2H3. The number of ether oxygens (including phenoxy) is 1. The monoisotopic (exact) mass is 336 g/mol. The van der Waals surface area contributed by atoms with Crippen LogP contribution in [0.2, 0.25) is 0 Å². The Hall–Kier alpha value is -2.28. The predicted octanol–water partition coefficient (Wildman–Crippen LogP) is 2.76. The largest absolute Gasteiger partial charge is 0.489 e. The molecule has 0 aliphatic carbocycles. The molecule has 0 saturated heterocycles. The number of benzene rings is 2. The number of sulfonamides is 1. The molecule has 0 saturated carbocycles. The lowest BCUT2D eigenvalue weighted by Gasteiger charge is -2.28. The molecule has 1 aliphatic rings. The fourth-order valence-corrected chi connectivity index (χ4v) is 3.55. The molecule has 0 unspecified atom stereocenters. The third-order valence-corrected chi connectivity index (χ3v) is 5.13. The molecule has 2 aromatic rings. The van der Waals surface area contributed by atoms with Crippen LogP contribution in [0.1, 0.15) is 5.56 Å². The van der Waals surface area contributed by atoms with Crippen molar-refractivity contribution < 1.29 is 17.5 Å². The zero-order chi connectivity index (χ0) is 16.6. The minimum atomic E-state index is -3.78. The average molecular weight is 336 g/mol. The Morgan fingerprint density at radius 3 is 2.74 bits per heavy atom. The van der Waals surface area contributed by atoms with Crippen LogP contribution in [0.15, 0.2) is 41.3 Å². The Morgan fingerprint density at radius 2 is 2.00 bits per heavy atom. The van der Waals surface area contributed by atoms with Gasteiger partial charge >= 0.3 is 0 Å². The predicted molar refractivity (Wildman–Crippen MR) is 87.2 cm³/mol. The lowest BCUT2D eigenvalue weighted by atomic mass is 10.2. The molecule has 0 radical (unpaired) electrons. The van der Waals surface area contributed by atoms with Gasteiger partial charge in [-0.15, -0.1) is 0 Å². The first-order valence-corrected chi connectivity index (χ1v) is 8.62. The molecule has 1 N–H and O–H groups in total. The van der Waals surface area contributed by atoms with Gasteiger partial charge in [0.25, 0.3) is 10.0 Å². The zero-order valence-corrected chi connectivity index (χ0v) is 13.7. The van der Waals surface area contributed by atoms with E-state index >= 15 is 0 Å². The summed E-state index contributed by atoms with van der Waals surface area (Å²) in [6.45, 7) is 2.86. The van der Waals surface area contributed by atoms with Gasteiger partial charge in [0.1, 0.15) is 18.2 Å². The molecule has 7 heteroatoms. The summed E-state index contributed by atoms with van der Waals surface area (Å²) < 4.78 is 46.2. The minimum Gasteiger partial charge on any atom is -0.489 e. The molecule has 122 valence electrons. The van der Waals surface area contributed by atoms with E-state index < -0.39 is 15.8 Å². The molecule has 3 rings (SSSR count). The molecular weight excluding hydrogens is 319 g/mol. The highest BCUT2D eigenvalue weighted by atomic mass is 32.2. The maximum atomic E-state index is 13.3. The molecular formula is C16H17FN2O3S. The third kappa shape index (κ3) is 3.10. The van der Waals surface area contributed by atoms with Gasteiger partial charge in [-0.25, -0.2) is 12.8 Å². The topological polar surface area (TPSA) is 58.6 Å². The molecule has 0 amide bonds. The highest BCUT2D eigenvalue weighted by molar-refractivity contribution is 7.92. The molecule has 5 nitrogen and oxygen atoms in total. The summed E-state index contributed by atoms with van der Waals surface area (Å²) in [5.74, 6) is 0.198. The van der Waals surface area contributed by atoms with Crippen molar-refractivity contribution in [1.29, 1.82) is 0 Å². The van der Waals surface area contributed by atoms with Crippen LogP contribution in [0.5, 0.6) is 5.75 Å². The summed E-state index contributed by atoms with van der Waals surface area (Å²) in [6, 6.07) is 8.83. The number of hydrogen-bond donors (Lipinski definition) is 1. The van der Waals surface area contributed by atoms with Crippen LogP contribution in [0, 0.1) is 12.7 Å². The van der Waals surface area contributed by atoms with Gasteiger partial charge in [-0.3, -0.25) is 4.72 Å². The van der Waals surface area contributed by atoms with Crippen LogP contribution < -0.4 is 14.4 Å². The van der Waals surface area contributed by atoms with E-state index in [1.54, 1.807) is 12.1 Å². The van der Waals surface area contributed by atoms with E-state index in [0.717, 1.165) is 18.3 Å². The van der Waals surface area contributed by atoms with Crippen molar-refractivity contribution in [3.8, 4) is 5.75 Å². The van der Waals surface area contributed by atoms with E-state index in [2.05, 4.69) is 4.72 Å². The lowest BCUT2D eigenvalue weighted by Crippen LogP contribution is -2.28. The number of fused-ring (bicyclic) bond motifs is 1. The van der Waals surface area contributed by atoms with Crippen LogP contribution in [0.3, 0.4) is 0 Å². The first-order chi connectivity index (χ1) is 10.9. The quantitative estimate of drug-likeness (QED) is 0.936. The average Bonchev–Trinajstić information content (AvgIpc) is 2.49. The molecule has 23 heavy (non-hydrogen) atoms. The summed E-state index contributed by atoms with van der Waals surface area (Å²) in [5.41, 5.74) is 1.60. The van der Waals surface area contributed by atoms with Gasteiger partial charge < -0.3 is 9.64 Å². The first-order valence-electron chi connectivity index (χ1n) is 7.14. The van der Waals surface area contributed by atoms with Gasteiger partial charge in [-0.2, -0.15) is 0 Å². The number of hydrogen-bond acceptors (Lipinski definition) is 4. The van der Waals surface area contributed by atoms with Crippen molar-refractivity contribution in [2.75, 3.05) is 29.8 Å². The number of aryl methyl sites for hydroxylation is 1. The Labute approximate surface area is 134 Å². The Kier molecular flexibility index (Phi) is 3.89. The van der Waals surface area contributed by atoms with Crippen molar-refractivity contribution >= 4 is 21.4 Å². The van der Waals surface area contributed by atoms with Crippen molar-refractivity contribution in [1.82, 2.24) is 0 Å². The van der Waals surface area contributed by atoms with E-state index in [4.69, 9.17) is 4.74 Å². The summed E-state index contributed by atoms with van der Waals surface area (Å²) in [7, 11) is -1.83. The van der Waals surface area contributed by atoms with Gasteiger partial charge in [0, 0.05) is 13.1 Å². The second-order valence-electron chi connectivity index (χ2n) is 5.47. The number of halogens is 1. The molecule has 0 bridgehead atoms. The molecule has 2 aromatic carbocycles. The minimum absolute atomic E-state index is 0.0205. The third-order valence-electron chi connectivity index (χ3n) is 3.75. The number of nitrogens with one attached hydrogen (secondary N) is 1. The Balaban J connectivity index is 1.90. The molecule has 0 aromatic heterocycles. The number of anilines is 2. The molecule has 1 heterocycles. The van der Waals surface area contributed by atoms with E-state index in [1.807, 2.05) is 18.0 Å². The van der Waals surface area contributed by atoms with Gasteiger partial charge in [0.2, 0.25) is 0 Å². The van der Waals surface area contributed by atoms with Crippen LogP contribution in [-0.4, -0.2) is 28.6 Å². The number of rotatable bonds is 3. The Morgan fingerprint density at radius 1 is 1.22 bits per heavy atom. The van der Waals surface area contributed by atoms with Gasteiger partial charge in [0.15, 0.2) is 0 Å². The van der Waals surface area contributed by atoms with E-state index in [1.165, 1.54) is 19.1 Å². The van der Waals surface area contributed by atoms with Crippen molar-refractivity contribution in [3.05, 3.63) is 47.8 Å². The summed E-state index contributed by atoms with van der Waals surface area (Å²) in [5, 5.41) is 0. The highest BCUT2D eigenvalue weighted by Crippen LogP contribution is 2.33. The fraction of sp³-hybridized carbons (Fsp3) is 0.250. The maximum Gasteiger partial charge on any atom is 0.261 e. The maximum absolute atomic E-state index is 13.3. The first kappa shape index (κ1) is 15.6. The lowest BCUT2D eigenvalue weighted by molar-refractivity contribution is 0.311. The fourth-order valence-electron chi connectivity index (χ4n) is 2.42. The number of nitrogens with zero attached hydrogens (tertiary/aromatic N) is 1. The van der Waals surface area contributed by atoms with Crippen molar-refractivity contribution in [2.45, 2.75) is 11.8 Å². The summed E-state index contributed by atoms with van der Waals surface area (Å²) in [6.07, 6.45) is 0. The van der Waals surface area contributed by atoms with Gasteiger partial charge in [0.05, 0.1) is 22.8 Å². The van der Waals surface area contributed by atoms with E-state index in [-0.39, 0.29) is 10.5 Å². The Bertz CT molecular complexity index is 852. The summed E-state index contributed by atoms with van der Waals surface area (Å²) in [4.78, 5) is 2.06. The smallest absolute Gasteiger partial charge is 0.261 e. The van der Waals surface area contributed by atoms with E-state index in [0.29, 0.717) is 18.0 Å². The van der Waals surface area contributed by atoms with Crippen molar-refractivity contribution in [2.24, 2.45) is 0 Å². The van der Waals surface area contributed by atoms with Gasteiger partial charge in [-0.05, 0) is 42.8 Å². The summed E-state index contributed by atoms with van der Waals surface area (Å²) >= 11 is 0. The molecule has 0 atom stereocenters. The highest BCUT2D eigenvalue weighted by Gasteiger charge is 2.19. The van der Waals surface area contributed by atoms with Gasteiger partial charge in [-0.1, -0.05) is 0 Å². The van der Waals surface area contributed by atoms with Crippen molar-refractivity contribution in [3.63, 3.8) is 0 Å². The SMILES string of the molecule is Cc1cc(S(=O)(=O)Nc2ccc3c(c2)OCCN3C)ccc1F. The molecule has 1 aliphatic heterocycles. The second kappa shape index (κ2) is 5.73. The van der Waals surface area contributed by atoms with E-state index in [9.17, 15) is 12.8 Å². The van der Waals surface area contributed by atoms with Crippen LogP contribution in [0.4, 0.5) is 15.8 Å². The molecule has 0 fully saturated rings. The normalized spacial score (nSPS) is 14.1. The van der Waals surface area contributed by atoms with Crippen LogP contribution in [0.25, 0.3) is 0 Å². The van der Waals surface area contributed by atoms with Crippen LogP contribution >= 0.6 is 0 Å². The van der Waals surface area contributed by atoms with Crippen LogP contribution in [-0.2, 0) is 10.0 Å². The molecule has 0 spiro atoms.